The minimum atomic E-state index is -0.440. The van der Waals surface area contributed by atoms with Crippen LogP contribution in [0.15, 0.2) is 30.6 Å². The molecular formula is C19H21FN4O2. The van der Waals surface area contributed by atoms with Gasteiger partial charge in [-0.25, -0.2) is 0 Å². The van der Waals surface area contributed by atoms with E-state index in [9.17, 15) is 14.0 Å². The zero-order valence-corrected chi connectivity index (χ0v) is 14.5. The van der Waals surface area contributed by atoms with E-state index >= 15 is 0 Å². The Bertz CT molecular complexity index is 835. The summed E-state index contributed by atoms with van der Waals surface area (Å²) in [6.45, 7) is 1.28. The summed E-state index contributed by atoms with van der Waals surface area (Å²) in [6, 6.07) is 5.47. The van der Waals surface area contributed by atoms with E-state index < -0.39 is 6.67 Å². The van der Waals surface area contributed by atoms with E-state index in [1.807, 2.05) is 15.9 Å². The Balaban J connectivity index is 1.41. The summed E-state index contributed by atoms with van der Waals surface area (Å²) in [7, 11) is 0. The summed E-state index contributed by atoms with van der Waals surface area (Å²) in [5.74, 6) is -0.142. The number of nitrogens with zero attached hydrogens (tertiary/aromatic N) is 4. The van der Waals surface area contributed by atoms with E-state index in [0.717, 1.165) is 18.4 Å². The first-order valence-electron chi connectivity index (χ1n) is 9.01. The van der Waals surface area contributed by atoms with Gasteiger partial charge in [-0.2, -0.15) is 0 Å². The highest BCUT2D eigenvalue weighted by Crippen LogP contribution is 2.26. The molecule has 1 aromatic heterocycles. The Labute approximate surface area is 151 Å². The van der Waals surface area contributed by atoms with Crippen molar-refractivity contribution in [2.75, 3.05) is 26.3 Å². The van der Waals surface area contributed by atoms with Crippen LogP contribution < -0.4 is 0 Å². The smallest absolute Gasteiger partial charge is 0.253 e. The number of halogens is 1. The van der Waals surface area contributed by atoms with Gasteiger partial charge in [-0.15, -0.1) is 0 Å². The number of carbonyl (C=O) groups excluding carboxylic acids is 2. The summed E-state index contributed by atoms with van der Waals surface area (Å²) in [5, 5.41) is 0. The minimum Gasteiger partial charge on any atom is -0.339 e. The van der Waals surface area contributed by atoms with Gasteiger partial charge in [-0.1, -0.05) is 0 Å². The highest BCUT2D eigenvalue weighted by atomic mass is 19.1. The molecule has 0 spiro atoms. The van der Waals surface area contributed by atoms with Gasteiger partial charge >= 0.3 is 0 Å². The quantitative estimate of drug-likeness (QED) is 0.844. The highest BCUT2D eigenvalue weighted by Gasteiger charge is 2.36. The average molecular weight is 356 g/mol. The number of amides is 2. The van der Waals surface area contributed by atoms with Crippen LogP contribution in [0.4, 0.5) is 4.39 Å². The third kappa shape index (κ3) is 3.13. The summed E-state index contributed by atoms with van der Waals surface area (Å²) in [5.41, 5.74) is 2.07. The SMILES string of the molecule is O=C(c1ccc2nccnc2c1)N1CCC(N2CC(CF)CC2=O)CC1. The molecule has 1 unspecified atom stereocenters. The second-order valence-corrected chi connectivity index (χ2v) is 7.05. The van der Waals surface area contributed by atoms with Crippen molar-refractivity contribution in [1.29, 1.82) is 0 Å². The molecule has 26 heavy (non-hydrogen) atoms. The number of benzene rings is 1. The van der Waals surface area contributed by atoms with Crippen LogP contribution in [-0.2, 0) is 4.79 Å². The summed E-state index contributed by atoms with van der Waals surface area (Å²) in [6.07, 6.45) is 5.03. The van der Waals surface area contributed by atoms with E-state index in [1.165, 1.54) is 0 Å². The van der Waals surface area contributed by atoms with Gasteiger partial charge in [0.1, 0.15) is 0 Å². The van der Waals surface area contributed by atoms with Crippen molar-refractivity contribution in [2.24, 2.45) is 5.92 Å². The molecule has 0 saturated carbocycles. The normalized spacial score (nSPS) is 21.6. The maximum Gasteiger partial charge on any atom is 0.253 e. The molecule has 4 rings (SSSR count). The third-order valence-corrected chi connectivity index (χ3v) is 5.37. The van der Waals surface area contributed by atoms with Crippen molar-refractivity contribution in [3.05, 3.63) is 36.2 Å². The first kappa shape index (κ1) is 16.9. The highest BCUT2D eigenvalue weighted by molar-refractivity contribution is 5.97. The molecule has 7 heteroatoms. The average Bonchev–Trinajstić information content (AvgIpc) is 3.08. The van der Waals surface area contributed by atoms with Gasteiger partial charge in [-0.3, -0.25) is 23.9 Å². The number of fused-ring (bicyclic) bond motifs is 1. The first-order chi connectivity index (χ1) is 12.7. The van der Waals surface area contributed by atoms with E-state index in [4.69, 9.17) is 0 Å². The lowest BCUT2D eigenvalue weighted by atomic mass is 10.0. The minimum absolute atomic E-state index is 0.0228. The van der Waals surface area contributed by atoms with Gasteiger partial charge in [0, 0.05) is 56.0 Å². The Morgan fingerprint density at radius 2 is 1.88 bits per heavy atom. The first-order valence-corrected chi connectivity index (χ1v) is 9.01. The molecule has 3 heterocycles. The fourth-order valence-electron chi connectivity index (χ4n) is 3.92. The van der Waals surface area contributed by atoms with Gasteiger partial charge < -0.3 is 9.80 Å². The number of carbonyl (C=O) groups is 2. The van der Waals surface area contributed by atoms with E-state index in [2.05, 4.69) is 9.97 Å². The van der Waals surface area contributed by atoms with Crippen LogP contribution in [0.5, 0.6) is 0 Å². The fourth-order valence-corrected chi connectivity index (χ4v) is 3.92. The zero-order chi connectivity index (χ0) is 18.1. The van der Waals surface area contributed by atoms with E-state index in [1.54, 1.807) is 24.5 Å². The van der Waals surface area contributed by atoms with Crippen molar-refractivity contribution < 1.29 is 14.0 Å². The van der Waals surface area contributed by atoms with E-state index in [0.29, 0.717) is 37.1 Å². The van der Waals surface area contributed by atoms with Crippen LogP contribution in [0.25, 0.3) is 11.0 Å². The molecule has 2 aliphatic heterocycles. The van der Waals surface area contributed by atoms with Gasteiger partial charge in [0.15, 0.2) is 0 Å². The lowest BCUT2D eigenvalue weighted by Gasteiger charge is -2.37. The molecule has 6 nitrogen and oxygen atoms in total. The lowest BCUT2D eigenvalue weighted by molar-refractivity contribution is -0.130. The van der Waals surface area contributed by atoms with Crippen LogP contribution >= 0.6 is 0 Å². The van der Waals surface area contributed by atoms with Crippen LogP contribution in [0.1, 0.15) is 29.6 Å². The van der Waals surface area contributed by atoms with Gasteiger partial charge in [0.25, 0.3) is 5.91 Å². The lowest BCUT2D eigenvalue weighted by Crippen LogP contribution is -2.47. The summed E-state index contributed by atoms with van der Waals surface area (Å²) < 4.78 is 12.8. The Hall–Kier alpha value is -2.57. The summed E-state index contributed by atoms with van der Waals surface area (Å²) >= 11 is 0. The second-order valence-electron chi connectivity index (χ2n) is 7.05. The molecule has 0 bridgehead atoms. The second kappa shape index (κ2) is 6.97. The van der Waals surface area contributed by atoms with E-state index in [-0.39, 0.29) is 23.8 Å². The number of rotatable bonds is 3. The van der Waals surface area contributed by atoms with Gasteiger partial charge in [0.2, 0.25) is 5.91 Å². The molecule has 0 N–H and O–H groups in total. The van der Waals surface area contributed by atoms with Crippen molar-refractivity contribution in [3.8, 4) is 0 Å². The van der Waals surface area contributed by atoms with Crippen LogP contribution in [0.3, 0.4) is 0 Å². The van der Waals surface area contributed by atoms with Crippen molar-refractivity contribution in [3.63, 3.8) is 0 Å². The molecule has 2 saturated heterocycles. The monoisotopic (exact) mass is 356 g/mol. The zero-order valence-electron chi connectivity index (χ0n) is 14.5. The van der Waals surface area contributed by atoms with Gasteiger partial charge in [-0.05, 0) is 31.0 Å². The molecule has 2 fully saturated rings. The van der Waals surface area contributed by atoms with Crippen molar-refractivity contribution in [1.82, 2.24) is 19.8 Å². The number of hydrogen-bond acceptors (Lipinski definition) is 4. The molecule has 0 aliphatic carbocycles. The third-order valence-electron chi connectivity index (χ3n) is 5.37. The molecule has 2 amide bonds. The molecule has 2 aliphatic rings. The standard InChI is InChI=1S/C19H21FN4O2/c20-11-13-9-18(25)24(12-13)15-3-7-23(8-4-15)19(26)14-1-2-16-17(10-14)22-6-5-21-16/h1-2,5-6,10,13,15H,3-4,7-9,11-12H2. The number of aromatic nitrogens is 2. The molecule has 136 valence electrons. The van der Waals surface area contributed by atoms with Crippen LogP contribution in [0.2, 0.25) is 0 Å². The number of piperidine rings is 1. The van der Waals surface area contributed by atoms with Crippen LogP contribution in [-0.4, -0.2) is 63.9 Å². The maximum atomic E-state index is 12.8. The predicted molar refractivity (Wildman–Crippen MR) is 94.3 cm³/mol. The molecule has 0 radical (unpaired) electrons. The number of alkyl halides is 1. The molecule has 1 aromatic carbocycles. The predicted octanol–water partition coefficient (Wildman–Crippen LogP) is 2.05. The largest absolute Gasteiger partial charge is 0.339 e. The maximum absolute atomic E-state index is 12.8. The molecule has 2 aromatic rings. The van der Waals surface area contributed by atoms with Gasteiger partial charge in [0.05, 0.1) is 17.7 Å². The Morgan fingerprint density at radius 3 is 2.58 bits per heavy atom. The van der Waals surface area contributed by atoms with Crippen LogP contribution in [0, 0.1) is 5.92 Å². The molecular weight excluding hydrogens is 335 g/mol. The van der Waals surface area contributed by atoms with Crippen molar-refractivity contribution >= 4 is 22.8 Å². The number of hydrogen-bond donors (Lipinski definition) is 0. The fraction of sp³-hybridized carbons (Fsp3) is 0.474. The summed E-state index contributed by atoms with van der Waals surface area (Å²) in [4.78, 5) is 37.0. The van der Waals surface area contributed by atoms with Crippen molar-refractivity contribution in [2.45, 2.75) is 25.3 Å². The Morgan fingerprint density at radius 1 is 1.15 bits per heavy atom. The molecule has 1 atom stereocenters. The Kier molecular flexibility index (Phi) is 4.53. The topological polar surface area (TPSA) is 66.4 Å². The number of likely N-dealkylation sites (tertiary alicyclic amines) is 2.